The summed E-state index contributed by atoms with van der Waals surface area (Å²) in [5.41, 5.74) is 8.39. The van der Waals surface area contributed by atoms with Crippen LogP contribution < -0.4 is 10.9 Å². The van der Waals surface area contributed by atoms with Crippen molar-refractivity contribution in [2.24, 2.45) is 0 Å². The van der Waals surface area contributed by atoms with Gasteiger partial charge in [-0.2, -0.15) is 0 Å². The Morgan fingerprint density at radius 1 is 1.07 bits per heavy atom. The van der Waals surface area contributed by atoms with E-state index in [0.717, 1.165) is 39.4 Å². The van der Waals surface area contributed by atoms with E-state index in [0.29, 0.717) is 4.90 Å². The zero-order valence-corrected chi connectivity index (χ0v) is 15.8. The Balaban J connectivity index is 1.52. The molecule has 2 aromatic carbocycles. The van der Waals surface area contributed by atoms with Crippen molar-refractivity contribution in [3.05, 3.63) is 65.2 Å². The van der Waals surface area contributed by atoms with Crippen molar-refractivity contribution in [3.8, 4) is 0 Å². The molecule has 27 heavy (non-hydrogen) atoms. The lowest BCUT2D eigenvalue weighted by molar-refractivity contribution is -0.127. The number of fused-ring (bicyclic) bond motifs is 1. The predicted octanol–water partition coefficient (Wildman–Crippen LogP) is 3.67. The number of carbonyl (C=O) groups excluding carboxylic acids is 2. The molecule has 0 atom stereocenters. The molecule has 140 valence electrons. The number of benzene rings is 2. The zero-order chi connectivity index (χ0) is 19.4. The summed E-state index contributed by atoms with van der Waals surface area (Å²) in [5.74, 6) is -1.16. The van der Waals surface area contributed by atoms with Crippen LogP contribution in [0.3, 0.4) is 0 Å². The SMILES string of the molecule is Cc1ccc2c(CC(=O)NNC(=O)CSc3ccccc3F)coc2c1C. The number of furan rings is 1. The van der Waals surface area contributed by atoms with Crippen molar-refractivity contribution in [2.45, 2.75) is 25.2 Å². The molecule has 0 aliphatic carbocycles. The second-order valence-corrected chi connectivity index (χ2v) is 7.15. The molecule has 0 aliphatic heterocycles. The maximum absolute atomic E-state index is 13.5. The van der Waals surface area contributed by atoms with Crippen LogP contribution in [-0.4, -0.2) is 17.6 Å². The molecule has 0 fully saturated rings. The first-order valence-electron chi connectivity index (χ1n) is 8.37. The molecular formula is C20H19FN2O3S. The molecule has 3 rings (SSSR count). The van der Waals surface area contributed by atoms with E-state index < -0.39 is 5.91 Å². The summed E-state index contributed by atoms with van der Waals surface area (Å²) < 4.78 is 19.1. The fourth-order valence-electron chi connectivity index (χ4n) is 2.62. The first kappa shape index (κ1) is 19.0. The molecule has 0 unspecified atom stereocenters. The van der Waals surface area contributed by atoms with E-state index in [2.05, 4.69) is 10.9 Å². The number of aryl methyl sites for hydroxylation is 2. The van der Waals surface area contributed by atoms with E-state index in [1.54, 1.807) is 24.5 Å². The highest BCUT2D eigenvalue weighted by Gasteiger charge is 2.13. The highest BCUT2D eigenvalue weighted by Crippen LogP contribution is 2.26. The van der Waals surface area contributed by atoms with E-state index in [1.807, 2.05) is 26.0 Å². The van der Waals surface area contributed by atoms with Gasteiger partial charge in [-0.15, -0.1) is 11.8 Å². The molecule has 7 heteroatoms. The van der Waals surface area contributed by atoms with Gasteiger partial charge in [-0.3, -0.25) is 20.4 Å². The molecule has 0 radical (unpaired) electrons. The fourth-order valence-corrected chi connectivity index (χ4v) is 3.36. The lowest BCUT2D eigenvalue weighted by Gasteiger charge is -2.07. The summed E-state index contributed by atoms with van der Waals surface area (Å²) in [6, 6.07) is 10.1. The number of hydrogen-bond acceptors (Lipinski definition) is 4. The number of nitrogens with one attached hydrogen (secondary N) is 2. The Morgan fingerprint density at radius 3 is 2.59 bits per heavy atom. The molecule has 0 saturated heterocycles. The third kappa shape index (κ3) is 4.49. The number of hydrogen-bond donors (Lipinski definition) is 2. The van der Waals surface area contributed by atoms with Crippen molar-refractivity contribution in [3.63, 3.8) is 0 Å². The van der Waals surface area contributed by atoms with Gasteiger partial charge in [0, 0.05) is 15.8 Å². The lowest BCUT2D eigenvalue weighted by atomic mass is 10.0. The molecular weight excluding hydrogens is 367 g/mol. The Kier molecular flexibility index (Phi) is 5.81. The summed E-state index contributed by atoms with van der Waals surface area (Å²) in [5, 5.41) is 0.884. The monoisotopic (exact) mass is 386 g/mol. The van der Waals surface area contributed by atoms with E-state index in [4.69, 9.17) is 4.42 Å². The van der Waals surface area contributed by atoms with Gasteiger partial charge < -0.3 is 4.42 Å². The van der Waals surface area contributed by atoms with Gasteiger partial charge in [-0.25, -0.2) is 4.39 Å². The van der Waals surface area contributed by atoms with Gasteiger partial charge in [0.2, 0.25) is 11.8 Å². The summed E-state index contributed by atoms with van der Waals surface area (Å²) in [4.78, 5) is 24.3. The van der Waals surface area contributed by atoms with E-state index in [-0.39, 0.29) is 23.9 Å². The Hall–Kier alpha value is -2.80. The third-order valence-electron chi connectivity index (χ3n) is 4.23. The normalized spacial score (nSPS) is 10.8. The van der Waals surface area contributed by atoms with Gasteiger partial charge in [0.1, 0.15) is 11.4 Å². The summed E-state index contributed by atoms with van der Waals surface area (Å²) in [7, 11) is 0. The maximum Gasteiger partial charge on any atom is 0.248 e. The van der Waals surface area contributed by atoms with Crippen molar-refractivity contribution in [1.29, 1.82) is 0 Å². The van der Waals surface area contributed by atoms with Crippen LogP contribution in [0.25, 0.3) is 11.0 Å². The molecule has 1 aromatic heterocycles. The molecule has 0 saturated carbocycles. The lowest BCUT2D eigenvalue weighted by Crippen LogP contribution is -2.43. The minimum atomic E-state index is -0.417. The smallest absolute Gasteiger partial charge is 0.248 e. The standard InChI is InChI=1S/C20H19FN2O3S/c1-12-7-8-15-14(10-26-20(15)13(12)2)9-18(24)22-23-19(25)11-27-17-6-4-3-5-16(17)21/h3-8,10H,9,11H2,1-2H3,(H,22,24)(H,23,25). The van der Waals surface area contributed by atoms with Gasteiger partial charge >= 0.3 is 0 Å². The number of carbonyl (C=O) groups is 2. The van der Waals surface area contributed by atoms with Crippen LogP contribution >= 0.6 is 11.8 Å². The van der Waals surface area contributed by atoms with Gasteiger partial charge in [0.05, 0.1) is 18.4 Å². The first-order chi connectivity index (χ1) is 13.0. The average Bonchev–Trinajstić information content (AvgIpc) is 3.05. The molecule has 5 nitrogen and oxygen atoms in total. The van der Waals surface area contributed by atoms with E-state index in [1.165, 1.54) is 6.07 Å². The highest BCUT2D eigenvalue weighted by molar-refractivity contribution is 8.00. The van der Waals surface area contributed by atoms with Crippen molar-refractivity contribution in [2.75, 3.05) is 5.75 Å². The molecule has 2 N–H and O–H groups in total. The molecule has 2 amide bonds. The van der Waals surface area contributed by atoms with E-state index in [9.17, 15) is 14.0 Å². The topological polar surface area (TPSA) is 71.3 Å². The number of halogens is 1. The number of thioether (sulfide) groups is 1. The van der Waals surface area contributed by atoms with Gasteiger partial charge in [0.25, 0.3) is 0 Å². The zero-order valence-electron chi connectivity index (χ0n) is 15.0. The predicted molar refractivity (Wildman–Crippen MR) is 103 cm³/mol. The van der Waals surface area contributed by atoms with Crippen molar-refractivity contribution < 1.29 is 18.4 Å². The van der Waals surface area contributed by atoms with Gasteiger partial charge in [0.15, 0.2) is 0 Å². The van der Waals surface area contributed by atoms with Gasteiger partial charge in [-0.1, -0.05) is 24.3 Å². The maximum atomic E-state index is 13.5. The van der Waals surface area contributed by atoms with Crippen molar-refractivity contribution in [1.82, 2.24) is 10.9 Å². The number of hydrazine groups is 1. The van der Waals surface area contributed by atoms with Crippen LogP contribution in [-0.2, 0) is 16.0 Å². The van der Waals surface area contributed by atoms with Gasteiger partial charge in [-0.05, 0) is 37.1 Å². The number of amides is 2. The molecule has 0 aliphatic rings. The third-order valence-corrected chi connectivity index (χ3v) is 5.28. The fraction of sp³-hybridized carbons (Fsp3) is 0.200. The number of rotatable bonds is 5. The average molecular weight is 386 g/mol. The molecule has 1 heterocycles. The summed E-state index contributed by atoms with van der Waals surface area (Å²) in [6.45, 7) is 3.97. The highest BCUT2D eigenvalue weighted by atomic mass is 32.2. The van der Waals surface area contributed by atoms with E-state index >= 15 is 0 Å². The first-order valence-corrected chi connectivity index (χ1v) is 9.35. The molecule has 0 bridgehead atoms. The minimum Gasteiger partial charge on any atom is -0.464 e. The molecule has 3 aromatic rings. The van der Waals surface area contributed by atoms with Crippen LogP contribution in [0.15, 0.2) is 52.0 Å². The molecule has 0 spiro atoms. The summed E-state index contributed by atoms with van der Waals surface area (Å²) in [6.07, 6.45) is 1.64. The quantitative estimate of drug-likeness (QED) is 0.518. The Labute approximate surface area is 160 Å². The minimum absolute atomic E-state index is 0.00563. The second-order valence-electron chi connectivity index (χ2n) is 6.14. The van der Waals surface area contributed by atoms with Crippen LogP contribution in [0, 0.1) is 19.7 Å². The van der Waals surface area contributed by atoms with Crippen LogP contribution in [0.2, 0.25) is 0 Å². The van der Waals surface area contributed by atoms with Crippen LogP contribution in [0.1, 0.15) is 16.7 Å². The van der Waals surface area contributed by atoms with Crippen LogP contribution in [0.5, 0.6) is 0 Å². The Bertz CT molecular complexity index is 1000. The largest absolute Gasteiger partial charge is 0.464 e. The summed E-state index contributed by atoms with van der Waals surface area (Å²) >= 11 is 1.06. The van der Waals surface area contributed by atoms with Crippen LogP contribution in [0.4, 0.5) is 4.39 Å². The Morgan fingerprint density at radius 2 is 1.81 bits per heavy atom. The van der Waals surface area contributed by atoms with Crippen molar-refractivity contribution >= 4 is 34.5 Å². The second kappa shape index (κ2) is 8.26.